The number of likely N-dealkylation sites (N-methyl/N-ethyl adjacent to an activating group) is 1. The van der Waals surface area contributed by atoms with Gasteiger partial charge in [0, 0.05) is 12.6 Å². The zero-order chi connectivity index (χ0) is 14.4. The van der Waals surface area contributed by atoms with Crippen LogP contribution in [0.5, 0.6) is 0 Å². The van der Waals surface area contributed by atoms with E-state index in [9.17, 15) is 0 Å². The fourth-order valence-corrected chi connectivity index (χ4v) is 3.23. The minimum atomic E-state index is 0.471. The van der Waals surface area contributed by atoms with Crippen molar-refractivity contribution in [3.8, 4) is 0 Å². The molecule has 20 heavy (non-hydrogen) atoms. The standard InChI is InChI=1S/C18H30N2/c1-15-9-11-16(12-10-15)13-19-14-18(20(2)3)17-7-5-4-6-8-17/h4-8,15-16,18-19H,9-14H2,1-3H3. The molecule has 0 bridgehead atoms. The summed E-state index contributed by atoms with van der Waals surface area (Å²) in [6.07, 6.45) is 5.66. The quantitative estimate of drug-likeness (QED) is 0.851. The van der Waals surface area contributed by atoms with Gasteiger partial charge in [-0.15, -0.1) is 0 Å². The molecule has 0 spiro atoms. The molecule has 1 saturated carbocycles. The summed E-state index contributed by atoms with van der Waals surface area (Å²) in [5, 5.41) is 3.71. The predicted molar refractivity (Wildman–Crippen MR) is 86.9 cm³/mol. The number of hydrogen-bond acceptors (Lipinski definition) is 2. The van der Waals surface area contributed by atoms with Crippen molar-refractivity contribution in [1.29, 1.82) is 0 Å². The van der Waals surface area contributed by atoms with Crippen LogP contribution in [0, 0.1) is 11.8 Å². The summed E-state index contributed by atoms with van der Waals surface area (Å²) in [6, 6.07) is 11.3. The summed E-state index contributed by atoms with van der Waals surface area (Å²) < 4.78 is 0. The normalized spacial score (nSPS) is 24.8. The third-order valence-electron chi connectivity index (χ3n) is 4.71. The Balaban J connectivity index is 1.78. The molecule has 2 rings (SSSR count). The zero-order valence-electron chi connectivity index (χ0n) is 13.3. The van der Waals surface area contributed by atoms with Crippen molar-refractivity contribution in [3.63, 3.8) is 0 Å². The Bertz CT molecular complexity index is 366. The van der Waals surface area contributed by atoms with Crippen molar-refractivity contribution in [2.24, 2.45) is 11.8 Å². The molecular weight excluding hydrogens is 244 g/mol. The largest absolute Gasteiger partial charge is 0.315 e. The van der Waals surface area contributed by atoms with Crippen molar-refractivity contribution in [1.82, 2.24) is 10.2 Å². The Hall–Kier alpha value is -0.860. The molecule has 0 aliphatic heterocycles. The monoisotopic (exact) mass is 274 g/mol. The van der Waals surface area contributed by atoms with Gasteiger partial charge in [0.15, 0.2) is 0 Å². The van der Waals surface area contributed by atoms with Gasteiger partial charge in [-0.3, -0.25) is 0 Å². The SMILES string of the molecule is CC1CCC(CNCC(c2ccccc2)N(C)C)CC1. The van der Waals surface area contributed by atoms with Crippen molar-refractivity contribution in [2.75, 3.05) is 27.2 Å². The minimum absolute atomic E-state index is 0.471. The second-order valence-corrected chi connectivity index (χ2v) is 6.67. The Labute approximate surface area is 124 Å². The van der Waals surface area contributed by atoms with E-state index in [1.54, 1.807) is 0 Å². The molecule has 1 aliphatic carbocycles. The van der Waals surface area contributed by atoms with Gasteiger partial charge in [-0.25, -0.2) is 0 Å². The lowest BCUT2D eigenvalue weighted by molar-refractivity contribution is 0.256. The van der Waals surface area contributed by atoms with Crippen LogP contribution in [0.4, 0.5) is 0 Å². The number of nitrogens with one attached hydrogen (secondary N) is 1. The molecule has 1 unspecified atom stereocenters. The van der Waals surface area contributed by atoms with Gasteiger partial charge in [0.25, 0.3) is 0 Å². The smallest absolute Gasteiger partial charge is 0.0466 e. The van der Waals surface area contributed by atoms with E-state index in [1.165, 1.54) is 37.8 Å². The van der Waals surface area contributed by atoms with Gasteiger partial charge in [-0.1, -0.05) is 50.1 Å². The Morgan fingerprint density at radius 2 is 1.75 bits per heavy atom. The average molecular weight is 274 g/mol. The van der Waals surface area contributed by atoms with Crippen LogP contribution in [0.1, 0.15) is 44.2 Å². The second kappa shape index (κ2) is 7.80. The molecule has 0 radical (unpaired) electrons. The van der Waals surface area contributed by atoms with E-state index < -0.39 is 0 Å². The third kappa shape index (κ3) is 4.60. The first-order valence-corrected chi connectivity index (χ1v) is 8.09. The van der Waals surface area contributed by atoms with E-state index in [2.05, 4.69) is 61.6 Å². The van der Waals surface area contributed by atoms with Crippen LogP contribution in [-0.2, 0) is 0 Å². The molecule has 112 valence electrons. The molecule has 1 aromatic carbocycles. The molecule has 2 nitrogen and oxygen atoms in total. The van der Waals surface area contributed by atoms with Crippen LogP contribution in [0.3, 0.4) is 0 Å². The van der Waals surface area contributed by atoms with Gasteiger partial charge >= 0.3 is 0 Å². The summed E-state index contributed by atoms with van der Waals surface area (Å²) in [5.74, 6) is 1.84. The van der Waals surface area contributed by atoms with Crippen LogP contribution in [-0.4, -0.2) is 32.1 Å². The van der Waals surface area contributed by atoms with Crippen LogP contribution >= 0.6 is 0 Å². The second-order valence-electron chi connectivity index (χ2n) is 6.67. The fourth-order valence-electron chi connectivity index (χ4n) is 3.23. The third-order valence-corrected chi connectivity index (χ3v) is 4.71. The summed E-state index contributed by atoms with van der Waals surface area (Å²) in [6.45, 7) is 4.62. The van der Waals surface area contributed by atoms with E-state index in [0.717, 1.165) is 18.4 Å². The Morgan fingerprint density at radius 3 is 2.35 bits per heavy atom. The maximum atomic E-state index is 3.71. The Kier molecular flexibility index (Phi) is 6.06. The first-order chi connectivity index (χ1) is 9.66. The van der Waals surface area contributed by atoms with Crippen LogP contribution in [0.25, 0.3) is 0 Å². The molecule has 1 fully saturated rings. The molecule has 1 aliphatic rings. The molecule has 0 saturated heterocycles. The molecule has 1 atom stereocenters. The summed E-state index contributed by atoms with van der Waals surface area (Å²) in [7, 11) is 4.34. The van der Waals surface area contributed by atoms with Gasteiger partial charge in [0.1, 0.15) is 0 Å². The predicted octanol–water partition coefficient (Wildman–Crippen LogP) is 3.71. The first-order valence-electron chi connectivity index (χ1n) is 8.09. The highest BCUT2D eigenvalue weighted by molar-refractivity contribution is 5.19. The van der Waals surface area contributed by atoms with Gasteiger partial charge in [-0.2, -0.15) is 0 Å². The molecule has 1 aromatic rings. The highest BCUT2D eigenvalue weighted by Gasteiger charge is 2.19. The maximum Gasteiger partial charge on any atom is 0.0466 e. The lowest BCUT2D eigenvalue weighted by Gasteiger charge is -2.29. The van der Waals surface area contributed by atoms with Gasteiger partial charge in [0.05, 0.1) is 0 Å². The van der Waals surface area contributed by atoms with Crippen molar-refractivity contribution in [2.45, 2.75) is 38.6 Å². The first kappa shape index (κ1) is 15.5. The average Bonchev–Trinajstić information content (AvgIpc) is 2.46. The van der Waals surface area contributed by atoms with Crippen molar-refractivity contribution < 1.29 is 0 Å². The van der Waals surface area contributed by atoms with Gasteiger partial charge in [0.2, 0.25) is 0 Å². The molecule has 0 aromatic heterocycles. The van der Waals surface area contributed by atoms with Crippen molar-refractivity contribution in [3.05, 3.63) is 35.9 Å². The fraction of sp³-hybridized carbons (Fsp3) is 0.667. The summed E-state index contributed by atoms with van der Waals surface area (Å²) in [4.78, 5) is 2.31. The van der Waals surface area contributed by atoms with E-state index >= 15 is 0 Å². The minimum Gasteiger partial charge on any atom is -0.315 e. The topological polar surface area (TPSA) is 15.3 Å². The lowest BCUT2D eigenvalue weighted by atomic mass is 9.83. The van der Waals surface area contributed by atoms with Crippen LogP contribution in [0.2, 0.25) is 0 Å². The number of hydrogen-bond donors (Lipinski definition) is 1. The Morgan fingerprint density at radius 1 is 1.10 bits per heavy atom. The molecule has 2 heteroatoms. The number of nitrogens with zero attached hydrogens (tertiary/aromatic N) is 1. The number of rotatable bonds is 6. The molecular formula is C18H30N2. The molecule has 0 heterocycles. The lowest BCUT2D eigenvalue weighted by Crippen LogP contribution is -2.34. The van der Waals surface area contributed by atoms with Gasteiger partial charge in [-0.05, 0) is 50.9 Å². The van der Waals surface area contributed by atoms with Crippen LogP contribution in [0.15, 0.2) is 30.3 Å². The van der Waals surface area contributed by atoms with Crippen LogP contribution < -0.4 is 5.32 Å². The van der Waals surface area contributed by atoms with Crippen molar-refractivity contribution >= 4 is 0 Å². The highest BCUT2D eigenvalue weighted by atomic mass is 15.1. The summed E-state index contributed by atoms with van der Waals surface area (Å²) in [5.41, 5.74) is 1.40. The molecule has 1 N–H and O–H groups in total. The number of benzene rings is 1. The van der Waals surface area contributed by atoms with E-state index in [0.29, 0.717) is 6.04 Å². The maximum absolute atomic E-state index is 3.71. The van der Waals surface area contributed by atoms with E-state index in [1.807, 2.05) is 0 Å². The summed E-state index contributed by atoms with van der Waals surface area (Å²) >= 11 is 0. The molecule has 0 amide bonds. The van der Waals surface area contributed by atoms with E-state index in [4.69, 9.17) is 0 Å². The van der Waals surface area contributed by atoms with E-state index in [-0.39, 0.29) is 0 Å². The zero-order valence-corrected chi connectivity index (χ0v) is 13.3. The highest BCUT2D eigenvalue weighted by Crippen LogP contribution is 2.27. The van der Waals surface area contributed by atoms with Gasteiger partial charge < -0.3 is 10.2 Å².